The molecular weight excluding hydrogens is 212 g/mol. The SMILES string of the molecule is CCCC1CC(N(CCC)C2CNC2)CCO1. The topological polar surface area (TPSA) is 24.5 Å². The predicted molar refractivity (Wildman–Crippen MR) is 71.3 cm³/mol. The molecule has 100 valence electrons. The van der Waals surface area contributed by atoms with Gasteiger partial charge in [0.05, 0.1) is 6.10 Å². The lowest BCUT2D eigenvalue weighted by Gasteiger charge is -2.45. The van der Waals surface area contributed by atoms with Gasteiger partial charge in [0.2, 0.25) is 0 Å². The number of nitrogens with zero attached hydrogens (tertiary/aromatic N) is 1. The lowest BCUT2D eigenvalue weighted by Crippen LogP contribution is -2.61. The Kier molecular flexibility index (Phi) is 5.26. The third-order valence-electron chi connectivity index (χ3n) is 4.13. The van der Waals surface area contributed by atoms with Crippen molar-refractivity contribution in [3.8, 4) is 0 Å². The molecule has 3 nitrogen and oxygen atoms in total. The minimum atomic E-state index is 0.520. The maximum atomic E-state index is 5.87. The van der Waals surface area contributed by atoms with Crippen LogP contribution in [0.4, 0.5) is 0 Å². The third kappa shape index (κ3) is 3.43. The minimum Gasteiger partial charge on any atom is -0.378 e. The average molecular weight is 240 g/mol. The van der Waals surface area contributed by atoms with Crippen LogP contribution in [0.5, 0.6) is 0 Å². The second-order valence-corrected chi connectivity index (χ2v) is 5.51. The second-order valence-electron chi connectivity index (χ2n) is 5.51. The van der Waals surface area contributed by atoms with Crippen molar-refractivity contribution in [2.75, 3.05) is 26.2 Å². The van der Waals surface area contributed by atoms with Crippen LogP contribution in [0.3, 0.4) is 0 Å². The smallest absolute Gasteiger partial charge is 0.0590 e. The summed E-state index contributed by atoms with van der Waals surface area (Å²) in [6.07, 6.45) is 6.76. The number of nitrogens with one attached hydrogen (secondary N) is 1. The van der Waals surface area contributed by atoms with Crippen molar-refractivity contribution in [1.29, 1.82) is 0 Å². The molecule has 2 atom stereocenters. The lowest BCUT2D eigenvalue weighted by molar-refractivity contribution is -0.0454. The summed E-state index contributed by atoms with van der Waals surface area (Å²) in [6, 6.07) is 1.56. The van der Waals surface area contributed by atoms with Gasteiger partial charge in [0.25, 0.3) is 0 Å². The van der Waals surface area contributed by atoms with Gasteiger partial charge in [-0.2, -0.15) is 0 Å². The normalized spacial score (nSPS) is 30.5. The highest BCUT2D eigenvalue weighted by Gasteiger charge is 2.33. The monoisotopic (exact) mass is 240 g/mol. The van der Waals surface area contributed by atoms with E-state index in [2.05, 4.69) is 24.1 Å². The molecule has 0 bridgehead atoms. The van der Waals surface area contributed by atoms with E-state index < -0.39 is 0 Å². The molecule has 0 aromatic carbocycles. The highest BCUT2D eigenvalue weighted by Crippen LogP contribution is 2.24. The van der Waals surface area contributed by atoms with E-state index in [1.54, 1.807) is 0 Å². The number of rotatable bonds is 6. The first-order chi connectivity index (χ1) is 8.35. The highest BCUT2D eigenvalue weighted by molar-refractivity contribution is 4.90. The standard InChI is InChI=1S/C14H28N2O/c1-3-5-14-9-12(6-8-17-14)16(7-4-2)13-10-15-11-13/h12-15H,3-11H2,1-2H3. The van der Waals surface area contributed by atoms with Gasteiger partial charge in [-0.05, 0) is 32.2 Å². The molecule has 0 spiro atoms. The molecule has 2 aliphatic rings. The van der Waals surface area contributed by atoms with Crippen molar-refractivity contribution >= 4 is 0 Å². The van der Waals surface area contributed by atoms with Crippen molar-refractivity contribution in [3.63, 3.8) is 0 Å². The molecule has 0 aliphatic carbocycles. The Morgan fingerprint density at radius 3 is 2.59 bits per heavy atom. The zero-order chi connectivity index (χ0) is 12.1. The van der Waals surface area contributed by atoms with E-state index in [4.69, 9.17) is 4.74 Å². The Morgan fingerprint density at radius 1 is 1.18 bits per heavy atom. The Bertz CT molecular complexity index is 216. The average Bonchev–Trinajstić information content (AvgIpc) is 2.27. The van der Waals surface area contributed by atoms with Crippen molar-refractivity contribution < 1.29 is 4.74 Å². The van der Waals surface area contributed by atoms with Crippen molar-refractivity contribution in [1.82, 2.24) is 10.2 Å². The quantitative estimate of drug-likeness (QED) is 0.769. The van der Waals surface area contributed by atoms with Crippen LogP contribution in [0.15, 0.2) is 0 Å². The molecule has 2 unspecified atom stereocenters. The number of hydrogen-bond acceptors (Lipinski definition) is 3. The fraction of sp³-hybridized carbons (Fsp3) is 1.00. The third-order valence-corrected chi connectivity index (χ3v) is 4.13. The van der Waals surface area contributed by atoms with Crippen molar-refractivity contribution in [3.05, 3.63) is 0 Å². The Labute approximate surface area is 106 Å². The van der Waals surface area contributed by atoms with E-state index in [9.17, 15) is 0 Å². The molecule has 2 fully saturated rings. The fourth-order valence-electron chi connectivity index (χ4n) is 3.11. The molecule has 2 heterocycles. The summed E-state index contributed by atoms with van der Waals surface area (Å²) in [4.78, 5) is 2.75. The molecule has 2 aliphatic heterocycles. The molecule has 0 amide bonds. The zero-order valence-corrected chi connectivity index (χ0v) is 11.5. The molecule has 0 saturated carbocycles. The van der Waals surface area contributed by atoms with Crippen LogP contribution in [0, 0.1) is 0 Å². The molecule has 2 rings (SSSR count). The van der Waals surface area contributed by atoms with Gasteiger partial charge in [-0.25, -0.2) is 0 Å². The van der Waals surface area contributed by atoms with Crippen LogP contribution in [0.2, 0.25) is 0 Å². The predicted octanol–water partition coefficient (Wildman–Crippen LogP) is 2.02. The number of hydrogen-bond donors (Lipinski definition) is 1. The van der Waals surface area contributed by atoms with Crippen LogP contribution in [-0.4, -0.2) is 49.3 Å². The molecule has 0 radical (unpaired) electrons. The van der Waals surface area contributed by atoms with E-state index in [1.165, 1.54) is 51.7 Å². The largest absolute Gasteiger partial charge is 0.378 e. The van der Waals surface area contributed by atoms with Gasteiger partial charge in [-0.1, -0.05) is 20.3 Å². The molecule has 17 heavy (non-hydrogen) atoms. The first kappa shape index (κ1) is 13.3. The maximum absolute atomic E-state index is 5.87. The van der Waals surface area contributed by atoms with E-state index in [-0.39, 0.29) is 0 Å². The summed E-state index contributed by atoms with van der Waals surface area (Å²) < 4.78 is 5.87. The summed E-state index contributed by atoms with van der Waals surface area (Å²) in [5.41, 5.74) is 0. The number of ether oxygens (including phenoxy) is 1. The van der Waals surface area contributed by atoms with E-state index in [0.717, 1.165) is 18.7 Å². The van der Waals surface area contributed by atoms with Gasteiger partial charge in [0.1, 0.15) is 0 Å². The Hall–Kier alpha value is -0.120. The van der Waals surface area contributed by atoms with E-state index >= 15 is 0 Å². The summed E-state index contributed by atoms with van der Waals surface area (Å²) in [7, 11) is 0. The first-order valence-corrected chi connectivity index (χ1v) is 7.43. The zero-order valence-electron chi connectivity index (χ0n) is 11.5. The van der Waals surface area contributed by atoms with Crippen LogP contribution in [0.1, 0.15) is 46.0 Å². The van der Waals surface area contributed by atoms with Crippen molar-refractivity contribution in [2.45, 2.75) is 64.1 Å². The first-order valence-electron chi connectivity index (χ1n) is 7.43. The van der Waals surface area contributed by atoms with Crippen LogP contribution >= 0.6 is 0 Å². The van der Waals surface area contributed by atoms with Gasteiger partial charge in [-0.15, -0.1) is 0 Å². The molecule has 1 N–H and O–H groups in total. The highest BCUT2D eigenvalue weighted by atomic mass is 16.5. The summed E-state index contributed by atoms with van der Waals surface area (Å²) >= 11 is 0. The molecule has 0 aromatic heterocycles. The van der Waals surface area contributed by atoms with Crippen molar-refractivity contribution in [2.24, 2.45) is 0 Å². The summed E-state index contributed by atoms with van der Waals surface area (Å²) in [6.45, 7) is 9.16. The van der Waals surface area contributed by atoms with Crippen LogP contribution in [-0.2, 0) is 4.74 Å². The molecule has 0 aromatic rings. The fourth-order valence-corrected chi connectivity index (χ4v) is 3.11. The van der Waals surface area contributed by atoms with Gasteiger partial charge < -0.3 is 10.1 Å². The molecular formula is C14H28N2O. The van der Waals surface area contributed by atoms with Gasteiger partial charge in [0, 0.05) is 31.8 Å². The Morgan fingerprint density at radius 2 is 2.00 bits per heavy atom. The van der Waals surface area contributed by atoms with E-state index in [1.807, 2.05) is 0 Å². The Balaban J connectivity index is 1.87. The molecule has 3 heteroatoms. The maximum Gasteiger partial charge on any atom is 0.0590 e. The van der Waals surface area contributed by atoms with Gasteiger partial charge in [0.15, 0.2) is 0 Å². The van der Waals surface area contributed by atoms with Gasteiger partial charge in [-0.3, -0.25) is 4.90 Å². The van der Waals surface area contributed by atoms with Crippen LogP contribution in [0.25, 0.3) is 0 Å². The molecule has 2 saturated heterocycles. The minimum absolute atomic E-state index is 0.520. The second kappa shape index (κ2) is 6.72. The summed E-state index contributed by atoms with van der Waals surface area (Å²) in [5.74, 6) is 0. The summed E-state index contributed by atoms with van der Waals surface area (Å²) in [5, 5.41) is 3.40. The lowest BCUT2D eigenvalue weighted by atomic mass is 9.95. The van der Waals surface area contributed by atoms with E-state index in [0.29, 0.717) is 6.10 Å². The van der Waals surface area contributed by atoms with Gasteiger partial charge >= 0.3 is 0 Å². The van der Waals surface area contributed by atoms with Crippen LogP contribution < -0.4 is 5.32 Å².